The largest absolute Gasteiger partial charge is 0.487 e. The first-order valence-electron chi connectivity index (χ1n) is 11.6. The Morgan fingerprint density at radius 3 is 2.63 bits per heavy atom. The zero-order valence-corrected chi connectivity index (χ0v) is 21.0. The van der Waals surface area contributed by atoms with Crippen LogP contribution in [0.25, 0.3) is 11.1 Å². The van der Waals surface area contributed by atoms with Gasteiger partial charge in [0.2, 0.25) is 10.0 Å². The molecule has 186 valence electrons. The van der Waals surface area contributed by atoms with Gasteiger partial charge in [-0.05, 0) is 37.7 Å². The summed E-state index contributed by atoms with van der Waals surface area (Å²) in [6.45, 7) is 4.86. The monoisotopic (exact) mass is 497 g/mol. The molecule has 2 aromatic heterocycles. The number of ether oxygens (including phenoxy) is 1. The summed E-state index contributed by atoms with van der Waals surface area (Å²) in [5.74, 6) is 0.165. The van der Waals surface area contributed by atoms with Gasteiger partial charge in [0.05, 0.1) is 6.61 Å². The van der Waals surface area contributed by atoms with Gasteiger partial charge >= 0.3 is 0 Å². The van der Waals surface area contributed by atoms with Crippen molar-refractivity contribution in [2.24, 2.45) is 5.92 Å². The van der Waals surface area contributed by atoms with Gasteiger partial charge in [-0.3, -0.25) is 9.88 Å². The van der Waals surface area contributed by atoms with Crippen LogP contribution in [0.1, 0.15) is 19.4 Å². The van der Waals surface area contributed by atoms with E-state index in [1.165, 1.54) is 10.6 Å². The fourth-order valence-electron chi connectivity index (χ4n) is 4.25. The van der Waals surface area contributed by atoms with E-state index in [4.69, 9.17) is 4.74 Å². The fraction of sp³-hybridized carbons (Fsp3) is 0.400. The Morgan fingerprint density at radius 2 is 1.94 bits per heavy atom. The molecule has 0 bridgehead atoms. The molecule has 0 aliphatic carbocycles. The molecule has 3 heterocycles. The van der Waals surface area contributed by atoms with Gasteiger partial charge < -0.3 is 9.84 Å². The Morgan fingerprint density at radius 1 is 1.17 bits per heavy atom. The molecule has 0 spiro atoms. The van der Waals surface area contributed by atoms with Crippen molar-refractivity contribution in [1.29, 1.82) is 0 Å². The van der Waals surface area contributed by atoms with Crippen LogP contribution in [0.15, 0.2) is 66.3 Å². The Balaban J connectivity index is 1.72. The van der Waals surface area contributed by atoms with Crippen LogP contribution in [0.3, 0.4) is 0 Å². The summed E-state index contributed by atoms with van der Waals surface area (Å²) >= 11 is 0. The molecule has 0 amide bonds. The van der Waals surface area contributed by atoms with Gasteiger partial charge in [-0.25, -0.2) is 18.4 Å². The van der Waals surface area contributed by atoms with Crippen molar-refractivity contribution in [3.8, 4) is 16.9 Å². The van der Waals surface area contributed by atoms with Crippen LogP contribution in [0, 0.1) is 5.92 Å². The summed E-state index contributed by atoms with van der Waals surface area (Å²) < 4.78 is 35.1. The molecule has 1 aliphatic heterocycles. The van der Waals surface area contributed by atoms with E-state index in [-0.39, 0.29) is 30.1 Å². The van der Waals surface area contributed by atoms with E-state index in [1.54, 1.807) is 49.9 Å². The maximum absolute atomic E-state index is 13.6. The number of rotatable bonds is 7. The molecule has 0 saturated carbocycles. The first kappa shape index (κ1) is 25.2. The van der Waals surface area contributed by atoms with Crippen molar-refractivity contribution in [3.63, 3.8) is 0 Å². The zero-order chi connectivity index (χ0) is 25.0. The summed E-state index contributed by atoms with van der Waals surface area (Å²) in [6, 6.07) is 8.30. The molecule has 0 fully saturated rings. The predicted octanol–water partition coefficient (Wildman–Crippen LogP) is 2.44. The first-order chi connectivity index (χ1) is 16.8. The summed E-state index contributed by atoms with van der Waals surface area (Å²) in [5, 5.41) is 9.82. The third-order valence-corrected chi connectivity index (χ3v) is 8.24. The summed E-state index contributed by atoms with van der Waals surface area (Å²) in [4.78, 5) is 14.5. The fourth-order valence-corrected chi connectivity index (χ4v) is 6.08. The average molecular weight is 498 g/mol. The molecule has 0 unspecified atom stereocenters. The summed E-state index contributed by atoms with van der Waals surface area (Å²) in [5.41, 5.74) is 2.66. The van der Waals surface area contributed by atoms with E-state index in [1.807, 2.05) is 26.1 Å². The third-order valence-electron chi connectivity index (χ3n) is 6.22. The summed E-state index contributed by atoms with van der Waals surface area (Å²) in [6.07, 6.45) is 8.18. The number of benzene rings is 1. The van der Waals surface area contributed by atoms with Gasteiger partial charge in [-0.15, -0.1) is 0 Å². The Hall–Kier alpha value is -2.92. The maximum atomic E-state index is 13.6. The van der Waals surface area contributed by atoms with E-state index in [2.05, 4.69) is 19.9 Å². The maximum Gasteiger partial charge on any atom is 0.247 e. The molecule has 4 rings (SSSR count). The van der Waals surface area contributed by atoms with E-state index in [9.17, 15) is 13.5 Å². The van der Waals surface area contributed by atoms with Gasteiger partial charge in [0.25, 0.3) is 0 Å². The minimum absolute atomic E-state index is 0.0986. The molecule has 3 aromatic rings. The van der Waals surface area contributed by atoms with E-state index >= 15 is 0 Å². The van der Waals surface area contributed by atoms with E-state index < -0.39 is 16.1 Å². The highest BCUT2D eigenvalue weighted by Crippen LogP contribution is 2.36. The van der Waals surface area contributed by atoms with Crippen molar-refractivity contribution in [1.82, 2.24) is 24.2 Å². The third kappa shape index (κ3) is 5.67. The lowest BCUT2D eigenvalue weighted by Crippen LogP contribution is -2.49. The minimum Gasteiger partial charge on any atom is -0.487 e. The Bertz CT molecular complexity index is 1230. The van der Waals surface area contributed by atoms with Crippen molar-refractivity contribution < 1.29 is 18.3 Å². The normalized spacial score (nSPS) is 20.9. The number of sulfonamides is 1. The Labute approximate surface area is 206 Å². The smallest absolute Gasteiger partial charge is 0.247 e. The van der Waals surface area contributed by atoms with Crippen molar-refractivity contribution in [3.05, 3.63) is 67.0 Å². The van der Waals surface area contributed by atoms with Crippen LogP contribution in [-0.2, 0) is 16.6 Å². The van der Waals surface area contributed by atoms with Crippen LogP contribution >= 0.6 is 0 Å². The number of likely N-dealkylation sites (N-methyl/N-ethyl adjacent to an activating group) is 1. The minimum atomic E-state index is -3.88. The lowest BCUT2D eigenvalue weighted by atomic mass is 10.0. The first-order valence-corrected chi connectivity index (χ1v) is 13.0. The molecule has 1 aromatic carbocycles. The lowest BCUT2D eigenvalue weighted by Gasteiger charge is -2.37. The number of nitrogens with zero attached hydrogens (tertiary/aromatic N) is 5. The number of pyridine rings is 1. The topological polar surface area (TPSA) is 109 Å². The lowest BCUT2D eigenvalue weighted by molar-refractivity contribution is 0.0733. The molecule has 0 radical (unpaired) electrons. The average Bonchev–Trinajstić information content (AvgIpc) is 2.86. The quantitative estimate of drug-likeness (QED) is 0.530. The molecule has 1 N–H and O–H groups in total. The van der Waals surface area contributed by atoms with Crippen LogP contribution in [0.5, 0.6) is 5.75 Å². The number of aromatic nitrogens is 3. The second kappa shape index (κ2) is 10.8. The van der Waals surface area contributed by atoms with Gasteiger partial charge in [-0.1, -0.05) is 19.1 Å². The molecule has 10 heteroatoms. The van der Waals surface area contributed by atoms with Gasteiger partial charge in [0.15, 0.2) is 0 Å². The van der Waals surface area contributed by atoms with E-state index in [0.29, 0.717) is 18.8 Å². The highest BCUT2D eigenvalue weighted by molar-refractivity contribution is 7.89. The van der Waals surface area contributed by atoms with Crippen molar-refractivity contribution in [2.75, 3.05) is 26.7 Å². The number of fused-ring (bicyclic) bond motifs is 1. The Kier molecular flexibility index (Phi) is 7.75. The predicted molar refractivity (Wildman–Crippen MR) is 132 cm³/mol. The molecular weight excluding hydrogens is 466 g/mol. The molecule has 9 nitrogen and oxygen atoms in total. The SMILES string of the molecule is C[C@@H]1CN([C@@H](C)CO)S(=O)(=O)c2ccc(-c3cccnc3)cc2O[C@@H]1CN(C)Cc1cncnc1. The zero-order valence-electron chi connectivity index (χ0n) is 20.2. The van der Waals surface area contributed by atoms with Crippen molar-refractivity contribution >= 4 is 10.0 Å². The van der Waals surface area contributed by atoms with Crippen LogP contribution in [0.4, 0.5) is 0 Å². The molecule has 35 heavy (non-hydrogen) atoms. The second-order valence-electron chi connectivity index (χ2n) is 9.09. The van der Waals surface area contributed by atoms with Crippen LogP contribution in [0.2, 0.25) is 0 Å². The number of aliphatic hydroxyl groups excluding tert-OH is 1. The standard InChI is InChI=1S/C25H31N5O4S/c1-18-13-30(19(2)16-31)35(32,33)25-7-6-21(22-5-4-8-26-12-22)9-23(25)34-24(18)15-29(3)14-20-10-27-17-28-11-20/h4-12,17-19,24,31H,13-16H2,1-3H3/t18-,19+,24-/m1/s1. The van der Waals surface area contributed by atoms with Gasteiger partial charge in [0.1, 0.15) is 23.1 Å². The van der Waals surface area contributed by atoms with Gasteiger partial charge in [-0.2, -0.15) is 4.31 Å². The summed E-state index contributed by atoms with van der Waals surface area (Å²) in [7, 11) is -1.90. The van der Waals surface area contributed by atoms with Crippen LogP contribution < -0.4 is 4.74 Å². The van der Waals surface area contributed by atoms with E-state index in [0.717, 1.165) is 16.7 Å². The molecule has 0 saturated heterocycles. The highest BCUT2D eigenvalue weighted by Gasteiger charge is 2.38. The number of aliphatic hydroxyl groups is 1. The van der Waals surface area contributed by atoms with Crippen molar-refractivity contribution in [2.45, 2.75) is 37.4 Å². The van der Waals surface area contributed by atoms with Gasteiger partial charge in [0, 0.05) is 67.5 Å². The molecule has 3 atom stereocenters. The molecule has 1 aliphatic rings. The van der Waals surface area contributed by atoms with Crippen LogP contribution in [-0.4, -0.2) is 76.6 Å². The second-order valence-corrected chi connectivity index (χ2v) is 10.9. The highest BCUT2D eigenvalue weighted by atomic mass is 32.2. The molecular formula is C25H31N5O4S. The number of hydrogen-bond acceptors (Lipinski definition) is 8. The number of hydrogen-bond donors (Lipinski definition) is 1.